The Morgan fingerprint density at radius 1 is 1.18 bits per heavy atom. The lowest BCUT2D eigenvalue weighted by molar-refractivity contribution is -0.119. The van der Waals surface area contributed by atoms with Gasteiger partial charge in [0.25, 0.3) is 0 Å². The van der Waals surface area contributed by atoms with E-state index in [-0.39, 0.29) is 17.7 Å². The summed E-state index contributed by atoms with van der Waals surface area (Å²) in [5.74, 6) is -0.233. The average molecular weight is 234 g/mol. The molecule has 1 aromatic rings. The van der Waals surface area contributed by atoms with Crippen LogP contribution in [0.5, 0.6) is 0 Å². The van der Waals surface area contributed by atoms with Crippen LogP contribution in [0.3, 0.4) is 0 Å². The fourth-order valence-electron chi connectivity index (χ4n) is 1.31. The van der Waals surface area contributed by atoms with Crippen molar-refractivity contribution in [2.24, 2.45) is 5.92 Å². The number of carbonyl (C=O) groups is 2. The van der Waals surface area contributed by atoms with Crippen molar-refractivity contribution in [3.8, 4) is 0 Å². The Balaban J connectivity index is 2.88. The molecule has 1 aromatic carbocycles. The van der Waals surface area contributed by atoms with Gasteiger partial charge in [0.05, 0.1) is 0 Å². The fourth-order valence-corrected chi connectivity index (χ4v) is 1.31. The van der Waals surface area contributed by atoms with Crippen molar-refractivity contribution in [2.75, 3.05) is 10.6 Å². The lowest BCUT2D eigenvalue weighted by Gasteiger charge is -2.11. The number of anilines is 2. The molecule has 0 aliphatic carbocycles. The minimum Gasteiger partial charge on any atom is -0.326 e. The number of rotatable bonds is 3. The van der Waals surface area contributed by atoms with Gasteiger partial charge in [0.15, 0.2) is 0 Å². The van der Waals surface area contributed by atoms with Gasteiger partial charge >= 0.3 is 0 Å². The van der Waals surface area contributed by atoms with Crippen molar-refractivity contribution in [2.45, 2.75) is 27.7 Å². The topological polar surface area (TPSA) is 58.2 Å². The van der Waals surface area contributed by atoms with E-state index in [4.69, 9.17) is 0 Å². The molecule has 0 heterocycles. The van der Waals surface area contributed by atoms with E-state index in [1.807, 2.05) is 32.9 Å². The van der Waals surface area contributed by atoms with Gasteiger partial charge in [-0.15, -0.1) is 0 Å². The second kappa shape index (κ2) is 5.48. The quantitative estimate of drug-likeness (QED) is 0.844. The van der Waals surface area contributed by atoms with Gasteiger partial charge in [0, 0.05) is 24.2 Å². The maximum absolute atomic E-state index is 11.5. The summed E-state index contributed by atoms with van der Waals surface area (Å²) < 4.78 is 0. The third-order valence-electron chi connectivity index (χ3n) is 2.34. The van der Waals surface area contributed by atoms with E-state index >= 15 is 0 Å². The smallest absolute Gasteiger partial charge is 0.226 e. The molecule has 4 heteroatoms. The van der Waals surface area contributed by atoms with E-state index in [1.54, 1.807) is 6.07 Å². The molecule has 0 fully saturated rings. The van der Waals surface area contributed by atoms with Crippen LogP contribution in [0.1, 0.15) is 26.3 Å². The van der Waals surface area contributed by atoms with Gasteiger partial charge in [-0.05, 0) is 24.6 Å². The number of hydrogen-bond acceptors (Lipinski definition) is 2. The highest BCUT2D eigenvalue weighted by molar-refractivity contribution is 5.94. The highest BCUT2D eigenvalue weighted by Crippen LogP contribution is 2.20. The first kappa shape index (κ1) is 13.2. The van der Waals surface area contributed by atoms with Crippen LogP contribution in [0.4, 0.5) is 11.4 Å². The van der Waals surface area contributed by atoms with Gasteiger partial charge < -0.3 is 10.6 Å². The van der Waals surface area contributed by atoms with Crippen LogP contribution >= 0.6 is 0 Å². The first-order chi connectivity index (χ1) is 7.90. The van der Waals surface area contributed by atoms with Crippen molar-refractivity contribution in [3.63, 3.8) is 0 Å². The van der Waals surface area contributed by atoms with E-state index < -0.39 is 0 Å². The summed E-state index contributed by atoms with van der Waals surface area (Å²) in [5, 5.41) is 5.52. The summed E-state index contributed by atoms with van der Waals surface area (Å²) >= 11 is 0. The Labute approximate surface area is 101 Å². The van der Waals surface area contributed by atoms with E-state index in [0.29, 0.717) is 5.69 Å². The summed E-state index contributed by atoms with van der Waals surface area (Å²) in [6.45, 7) is 7.02. The zero-order valence-corrected chi connectivity index (χ0v) is 10.6. The first-order valence-corrected chi connectivity index (χ1v) is 5.59. The summed E-state index contributed by atoms with van der Waals surface area (Å²) in [6, 6.07) is 5.44. The van der Waals surface area contributed by atoms with Gasteiger partial charge in [-0.3, -0.25) is 9.59 Å². The third-order valence-corrected chi connectivity index (χ3v) is 2.34. The number of nitrogens with one attached hydrogen (secondary N) is 2. The van der Waals surface area contributed by atoms with Gasteiger partial charge in [0.1, 0.15) is 0 Å². The summed E-state index contributed by atoms with van der Waals surface area (Å²) in [5.41, 5.74) is 2.37. The summed E-state index contributed by atoms with van der Waals surface area (Å²) in [7, 11) is 0. The number of aryl methyl sites for hydroxylation is 1. The molecule has 0 aliphatic heterocycles. The van der Waals surface area contributed by atoms with Crippen LogP contribution in [0, 0.1) is 12.8 Å². The highest BCUT2D eigenvalue weighted by atomic mass is 16.2. The molecule has 2 amide bonds. The number of hydrogen-bond donors (Lipinski definition) is 2. The predicted octanol–water partition coefficient (Wildman–Crippen LogP) is 2.55. The zero-order valence-electron chi connectivity index (χ0n) is 10.6. The molecule has 0 radical (unpaired) electrons. The fraction of sp³-hybridized carbons (Fsp3) is 0.385. The second-order valence-electron chi connectivity index (χ2n) is 4.35. The van der Waals surface area contributed by atoms with Crippen molar-refractivity contribution < 1.29 is 9.59 Å². The van der Waals surface area contributed by atoms with Crippen LogP contribution in [-0.2, 0) is 9.59 Å². The summed E-state index contributed by atoms with van der Waals surface area (Å²) in [6.07, 6.45) is 0. The Morgan fingerprint density at radius 3 is 2.35 bits per heavy atom. The zero-order chi connectivity index (χ0) is 13.0. The van der Waals surface area contributed by atoms with E-state index in [9.17, 15) is 9.59 Å². The SMILES string of the molecule is CC(=O)Nc1cc(NC(=O)C(C)C)ccc1C. The molecule has 0 aromatic heterocycles. The monoisotopic (exact) mass is 234 g/mol. The minimum absolute atomic E-state index is 0.0392. The van der Waals surface area contributed by atoms with Gasteiger partial charge in [-0.2, -0.15) is 0 Å². The standard InChI is InChI=1S/C13H18N2O2/c1-8(2)13(17)15-11-6-5-9(3)12(7-11)14-10(4)16/h5-8H,1-4H3,(H,14,16)(H,15,17). The third kappa shape index (κ3) is 3.90. The molecule has 4 nitrogen and oxygen atoms in total. The van der Waals surface area contributed by atoms with E-state index in [2.05, 4.69) is 10.6 Å². The molecule has 0 spiro atoms. The Morgan fingerprint density at radius 2 is 1.82 bits per heavy atom. The number of amides is 2. The lowest BCUT2D eigenvalue weighted by Crippen LogP contribution is -2.18. The molecule has 0 unspecified atom stereocenters. The van der Waals surface area contributed by atoms with Gasteiger partial charge in [0.2, 0.25) is 11.8 Å². The number of benzene rings is 1. The molecular weight excluding hydrogens is 216 g/mol. The molecule has 17 heavy (non-hydrogen) atoms. The second-order valence-corrected chi connectivity index (χ2v) is 4.35. The maximum Gasteiger partial charge on any atom is 0.226 e. The maximum atomic E-state index is 11.5. The van der Waals surface area contributed by atoms with Crippen LogP contribution in [0.2, 0.25) is 0 Å². The van der Waals surface area contributed by atoms with Crippen LogP contribution in [0.15, 0.2) is 18.2 Å². The molecule has 0 aliphatic rings. The largest absolute Gasteiger partial charge is 0.326 e. The van der Waals surface area contributed by atoms with Crippen LogP contribution < -0.4 is 10.6 Å². The van der Waals surface area contributed by atoms with Crippen molar-refractivity contribution in [3.05, 3.63) is 23.8 Å². The molecule has 1 rings (SSSR count). The van der Waals surface area contributed by atoms with E-state index in [1.165, 1.54) is 6.92 Å². The van der Waals surface area contributed by atoms with Crippen molar-refractivity contribution >= 4 is 23.2 Å². The Hall–Kier alpha value is -1.84. The van der Waals surface area contributed by atoms with Crippen molar-refractivity contribution in [1.29, 1.82) is 0 Å². The van der Waals surface area contributed by atoms with Gasteiger partial charge in [-0.1, -0.05) is 19.9 Å². The molecule has 0 bridgehead atoms. The molecule has 0 saturated carbocycles. The average Bonchev–Trinajstić information content (AvgIpc) is 2.22. The molecule has 0 atom stereocenters. The van der Waals surface area contributed by atoms with Crippen molar-refractivity contribution in [1.82, 2.24) is 0 Å². The van der Waals surface area contributed by atoms with Crippen LogP contribution in [-0.4, -0.2) is 11.8 Å². The Kier molecular flexibility index (Phi) is 4.26. The van der Waals surface area contributed by atoms with E-state index in [0.717, 1.165) is 11.3 Å². The number of carbonyl (C=O) groups excluding carboxylic acids is 2. The normalized spacial score (nSPS) is 10.2. The molecule has 2 N–H and O–H groups in total. The van der Waals surface area contributed by atoms with Crippen LogP contribution in [0.25, 0.3) is 0 Å². The lowest BCUT2D eigenvalue weighted by atomic mass is 10.1. The molecule has 0 saturated heterocycles. The summed E-state index contributed by atoms with van der Waals surface area (Å²) in [4.78, 5) is 22.5. The first-order valence-electron chi connectivity index (χ1n) is 5.59. The highest BCUT2D eigenvalue weighted by Gasteiger charge is 2.08. The minimum atomic E-state index is -0.125. The molecular formula is C13H18N2O2. The Bertz CT molecular complexity index is 439. The van der Waals surface area contributed by atoms with Gasteiger partial charge in [-0.25, -0.2) is 0 Å². The predicted molar refractivity (Wildman–Crippen MR) is 69.0 cm³/mol. The molecule has 92 valence electrons.